The monoisotopic (exact) mass is 310 g/mol. The molecule has 110 valence electrons. The maximum Gasteiger partial charge on any atom is 0.239 e. The molecule has 2 aromatic heterocycles. The summed E-state index contributed by atoms with van der Waals surface area (Å²) in [5.41, 5.74) is 2.27. The first-order valence-corrected chi connectivity index (χ1v) is 8.00. The van der Waals surface area contributed by atoms with E-state index >= 15 is 0 Å². The maximum absolute atomic E-state index is 11.7. The highest BCUT2D eigenvalue weighted by Gasteiger charge is 2.22. The number of hydrogen-bond acceptors (Lipinski definition) is 5. The Bertz CT molecular complexity index is 831. The number of carbonyl (C=O) groups excluding carboxylic acids is 1. The summed E-state index contributed by atoms with van der Waals surface area (Å²) in [5.74, 6) is 0.884. The predicted molar refractivity (Wildman–Crippen MR) is 88.1 cm³/mol. The lowest BCUT2D eigenvalue weighted by molar-refractivity contribution is -0.120. The molecule has 1 aliphatic heterocycles. The second-order valence-electron chi connectivity index (χ2n) is 5.16. The Morgan fingerprint density at radius 1 is 1.18 bits per heavy atom. The van der Waals surface area contributed by atoms with Crippen LogP contribution in [0.15, 0.2) is 42.0 Å². The van der Waals surface area contributed by atoms with Crippen molar-refractivity contribution in [1.82, 2.24) is 15.3 Å². The van der Waals surface area contributed by atoms with Crippen LogP contribution >= 0.6 is 11.3 Å². The number of rotatable bonds is 2. The molecule has 3 heterocycles. The van der Waals surface area contributed by atoms with Gasteiger partial charge < -0.3 is 10.2 Å². The third-order valence-corrected chi connectivity index (χ3v) is 4.66. The van der Waals surface area contributed by atoms with Gasteiger partial charge in [0.2, 0.25) is 5.91 Å². The van der Waals surface area contributed by atoms with Gasteiger partial charge in [-0.3, -0.25) is 4.79 Å². The fourth-order valence-electron chi connectivity index (χ4n) is 2.75. The second-order valence-corrected chi connectivity index (χ2v) is 6.02. The number of piperazine rings is 1. The van der Waals surface area contributed by atoms with Crippen molar-refractivity contribution in [3.63, 3.8) is 0 Å². The van der Waals surface area contributed by atoms with Gasteiger partial charge >= 0.3 is 0 Å². The van der Waals surface area contributed by atoms with Crippen molar-refractivity contribution >= 4 is 33.3 Å². The van der Waals surface area contributed by atoms with E-state index in [1.807, 2.05) is 23.1 Å². The van der Waals surface area contributed by atoms with Crippen molar-refractivity contribution < 1.29 is 4.79 Å². The quantitative estimate of drug-likeness (QED) is 0.789. The van der Waals surface area contributed by atoms with Gasteiger partial charge in [0.15, 0.2) is 0 Å². The highest BCUT2D eigenvalue weighted by atomic mass is 32.1. The van der Waals surface area contributed by atoms with Gasteiger partial charge in [-0.25, -0.2) is 9.97 Å². The number of benzene rings is 1. The molecular formula is C16H14N4OS. The Morgan fingerprint density at radius 2 is 2.05 bits per heavy atom. The number of carbonyl (C=O) groups is 1. The maximum atomic E-state index is 11.7. The van der Waals surface area contributed by atoms with Gasteiger partial charge in [0, 0.05) is 24.0 Å². The van der Waals surface area contributed by atoms with E-state index in [0.29, 0.717) is 13.1 Å². The minimum atomic E-state index is 0.0366. The van der Waals surface area contributed by atoms with Crippen LogP contribution in [-0.2, 0) is 4.79 Å². The normalized spacial score (nSPS) is 15.1. The van der Waals surface area contributed by atoms with Crippen LogP contribution in [0.1, 0.15) is 0 Å². The highest BCUT2D eigenvalue weighted by Crippen LogP contribution is 2.37. The standard InChI is InChI=1S/C16H14N4OS/c21-13-8-20(7-6-17-13)15-14-12(11-4-2-1-3-5-11)9-22-16(14)19-10-18-15/h1-5,9-10H,6-8H2,(H,17,21). The van der Waals surface area contributed by atoms with Gasteiger partial charge in [0.1, 0.15) is 17.0 Å². The van der Waals surface area contributed by atoms with Crippen molar-refractivity contribution in [1.29, 1.82) is 0 Å². The third-order valence-electron chi connectivity index (χ3n) is 3.77. The number of nitrogens with zero attached hydrogens (tertiary/aromatic N) is 3. The Hall–Kier alpha value is -2.47. The van der Waals surface area contributed by atoms with E-state index in [9.17, 15) is 4.79 Å². The van der Waals surface area contributed by atoms with E-state index in [2.05, 4.69) is 32.8 Å². The number of nitrogens with one attached hydrogen (secondary N) is 1. The van der Waals surface area contributed by atoms with Crippen molar-refractivity contribution in [3.05, 3.63) is 42.0 Å². The van der Waals surface area contributed by atoms with Gasteiger partial charge in [-0.2, -0.15) is 0 Å². The van der Waals surface area contributed by atoms with Crippen LogP contribution in [0, 0.1) is 0 Å². The summed E-state index contributed by atoms with van der Waals surface area (Å²) in [4.78, 5) is 23.5. The molecular weight excluding hydrogens is 296 g/mol. The van der Waals surface area contributed by atoms with E-state index < -0.39 is 0 Å². The Kier molecular flexibility index (Phi) is 3.23. The topological polar surface area (TPSA) is 58.1 Å². The Balaban J connectivity index is 1.88. The lowest BCUT2D eigenvalue weighted by Crippen LogP contribution is -2.48. The summed E-state index contributed by atoms with van der Waals surface area (Å²) >= 11 is 1.61. The molecule has 0 aliphatic carbocycles. The molecule has 22 heavy (non-hydrogen) atoms. The number of fused-ring (bicyclic) bond motifs is 1. The number of anilines is 1. The van der Waals surface area contributed by atoms with Gasteiger partial charge in [0.05, 0.1) is 11.9 Å². The molecule has 1 N–H and O–H groups in total. The van der Waals surface area contributed by atoms with Crippen molar-refractivity contribution in [2.24, 2.45) is 0 Å². The SMILES string of the molecule is O=C1CN(c2ncnc3scc(-c4ccccc4)c23)CCN1. The van der Waals surface area contributed by atoms with Crippen LogP contribution in [0.4, 0.5) is 5.82 Å². The smallest absolute Gasteiger partial charge is 0.239 e. The molecule has 5 nitrogen and oxygen atoms in total. The summed E-state index contributed by atoms with van der Waals surface area (Å²) < 4.78 is 0. The lowest BCUT2D eigenvalue weighted by Gasteiger charge is -2.28. The van der Waals surface area contributed by atoms with Crippen LogP contribution in [0.5, 0.6) is 0 Å². The van der Waals surface area contributed by atoms with Crippen molar-refractivity contribution in [3.8, 4) is 11.1 Å². The van der Waals surface area contributed by atoms with Crippen LogP contribution in [0.3, 0.4) is 0 Å². The molecule has 0 bridgehead atoms. The molecule has 0 unspecified atom stereocenters. The fraction of sp³-hybridized carbons (Fsp3) is 0.188. The minimum absolute atomic E-state index is 0.0366. The molecule has 0 atom stereocenters. The third kappa shape index (κ3) is 2.21. The molecule has 4 rings (SSSR count). The molecule has 0 radical (unpaired) electrons. The summed E-state index contributed by atoms with van der Waals surface area (Å²) in [6.45, 7) is 1.76. The first-order chi connectivity index (χ1) is 10.8. The lowest BCUT2D eigenvalue weighted by atomic mass is 10.1. The molecule has 0 spiro atoms. The molecule has 1 aliphatic rings. The molecule has 1 fully saturated rings. The largest absolute Gasteiger partial charge is 0.353 e. The van der Waals surface area contributed by atoms with E-state index in [4.69, 9.17) is 0 Å². The number of amides is 1. The van der Waals surface area contributed by atoms with E-state index in [-0.39, 0.29) is 5.91 Å². The van der Waals surface area contributed by atoms with Crippen LogP contribution in [0.25, 0.3) is 21.3 Å². The molecule has 1 aromatic carbocycles. The molecule has 0 saturated carbocycles. The van der Waals surface area contributed by atoms with Gasteiger partial charge in [-0.15, -0.1) is 11.3 Å². The first-order valence-electron chi connectivity index (χ1n) is 7.12. The number of thiophene rings is 1. The summed E-state index contributed by atoms with van der Waals surface area (Å²) in [5, 5.41) is 6.00. The number of aromatic nitrogens is 2. The Labute approximate surface area is 131 Å². The minimum Gasteiger partial charge on any atom is -0.353 e. The zero-order chi connectivity index (χ0) is 14.9. The zero-order valence-electron chi connectivity index (χ0n) is 11.8. The van der Waals surface area contributed by atoms with E-state index in [1.54, 1.807) is 17.7 Å². The summed E-state index contributed by atoms with van der Waals surface area (Å²) in [6.07, 6.45) is 1.58. The first kappa shape index (κ1) is 13.2. The van der Waals surface area contributed by atoms with Crippen LogP contribution < -0.4 is 10.2 Å². The summed E-state index contributed by atoms with van der Waals surface area (Å²) in [7, 11) is 0. The average Bonchev–Trinajstić information content (AvgIpc) is 3.00. The fourth-order valence-corrected chi connectivity index (χ4v) is 3.66. The molecule has 3 aromatic rings. The molecule has 6 heteroatoms. The second kappa shape index (κ2) is 5.38. The molecule has 1 saturated heterocycles. The van der Waals surface area contributed by atoms with Crippen molar-refractivity contribution in [2.45, 2.75) is 0 Å². The molecule has 1 amide bonds. The Morgan fingerprint density at radius 3 is 2.86 bits per heavy atom. The van der Waals surface area contributed by atoms with E-state index in [0.717, 1.165) is 33.7 Å². The number of hydrogen-bond donors (Lipinski definition) is 1. The predicted octanol–water partition coefficient (Wildman–Crippen LogP) is 2.29. The van der Waals surface area contributed by atoms with Crippen LogP contribution in [0.2, 0.25) is 0 Å². The van der Waals surface area contributed by atoms with E-state index in [1.165, 1.54) is 0 Å². The average molecular weight is 310 g/mol. The summed E-state index contributed by atoms with van der Waals surface area (Å²) in [6, 6.07) is 10.2. The van der Waals surface area contributed by atoms with Gasteiger partial charge in [-0.05, 0) is 5.56 Å². The highest BCUT2D eigenvalue weighted by molar-refractivity contribution is 7.17. The van der Waals surface area contributed by atoms with Crippen molar-refractivity contribution in [2.75, 3.05) is 24.5 Å². The zero-order valence-corrected chi connectivity index (χ0v) is 12.6. The van der Waals surface area contributed by atoms with Crippen LogP contribution in [-0.4, -0.2) is 35.5 Å². The van der Waals surface area contributed by atoms with Gasteiger partial charge in [-0.1, -0.05) is 30.3 Å². The van der Waals surface area contributed by atoms with Gasteiger partial charge in [0.25, 0.3) is 0 Å².